The zero-order valence-electron chi connectivity index (χ0n) is 12.4. The van der Waals surface area contributed by atoms with E-state index in [1.54, 1.807) is 16.4 Å². The highest BCUT2D eigenvalue weighted by Crippen LogP contribution is 2.29. The molecule has 1 aliphatic heterocycles. The molecule has 1 aromatic heterocycles. The summed E-state index contributed by atoms with van der Waals surface area (Å²) in [6.45, 7) is 5.83. The molecule has 0 radical (unpaired) electrons. The number of nitrogens with one attached hydrogen (secondary N) is 1. The molecule has 118 valence electrons. The third-order valence-corrected chi connectivity index (χ3v) is 6.69. The van der Waals surface area contributed by atoms with Crippen molar-refractivity contribution in [1.82, 2.24) is 9.62 Å². The van der Waals surface area contributed by atoms with E-state index in [1.807, 2.05) is 11.8 Å². The van der Waals surface area contributed by atoms with Crippen LogP contribution < -0.4 is 5.32 Å². The largest absolute Gasteiger partial charge is 0.447 e. The van der Waals surface area contributed by atoms with Gasteiger partial charge >= 0.3 is 0 Å². The molecule has 5 nitrogen and oxygen atoms in total. The number of hydrogen-bond acceptors (Lipinski definition) is 5. The van der Waals surface area contributed by atoms with Crippen LogP contribution in [-0.2, 0) is 16.6 Å². The molecule has 0 bridgehead atoms. The first-order valence-corrected chi connectivity index (χ1v) is 9.81. The normalized spacial score (nSPS) is 27.9. The van der Waals surface area contributed by atoms with Crippen LogP contribution in [0.2, 0.25) is 0 Å². The van der Waals surface area contributed by atoms with Gasteiger partial charge in [-0.25, -0.2) is 8.42 Å². The standard InChI is InChI=1S/C14H22N2O3S2/c1-10-8-16(9-11(2)20-10)21(17,18)14-6-5-13(19-14)7-15-12-3-4-12/h5-6,10-12,15H,3-4,7-9H2,1-2H3. The molecule has 2 aliphatic rings. The van der Waals surface area contributed by atoms with Crippen molar-refractivity contribution in [3.63, 3.8) is 0 Å². The molecule has 21 heavy (non-hydrogen) atoms. The highest BCUT2D eigenvalue weighted by molar-refractivity contribution is 8.00. The van der Waals surface area contributed by atoms with Gasteiger partial charge in [-0.1, -0.05) is 13.8 Å². The Morgan fingerprint density at radius 1 is 1.29 bits per heavy atom. The molecule has 2 unspecified atom stereocenters. The van der Waals surface area contributed by atoms with E-state index in [0.717, 1.165) is 0 Å². The van der Waals surface area contributed by atoms with E-state index in [-0.39, 0.29) is 5.09 Å². The van der Waals surface area contributed by atoms with Gasteiger partial charge in [-0.2, -0.15) is 16.1 Å². The summed E-state index contributed by atoms with van der Waals surface area (Å²) in [4.78, 5) is 0. The molecule has 7 heteroatoms. The van der Waals surface area contributed by atoms with Crippen molar-refractivity contribution < 1.29 is 12.8 Å². The molecule has 1 saturated heterocycles. The second-order valence-electron chi connectivity index (χ2n) is 5.96. The summed E-state index contributed by atoms with van der Waals surface area (Å²) in [6.07, 6.45) is 2.40. The van der Waals surface area contributed by atoms with E-state index >= 15 is 0 Å². The highest BCUT2D eigenvalue weighted by Gasteiger charge is 2.34. The van der Waals surface area contributed by atoms with Gasteiger partial charge < -0.3 is 9.73 Å². The first-order chi connectivity index (χ1) is 9.95. The Bertz CT molecular complexity index is 585. The van der Waals surface area contributed by atoms with Gasteiger partial charge in [0, 0.05) is 29.6 Å². The molecule has 1 saturated carbocycles. The van der Waals surface area contributed by atoms with Gasteiger partial charge in [-0.15, -0.1) is 0 Å². The molecule has 0 aromatic carbocycles. The fraction of sp³-hybridized carbons (Fsp3) is 0.714. The van der Waals surface area contributed by atoms with Crippen molar-refractivity contribution in [1.29, 1.82) is 0 Å². The van der Waals surface area contributed by atoms with Crippen LogP contribution in [0.15, 0.2) is 21.6 Å². The second-order valence-corrected chi connectivity index (χ2v) is 9.71. The van der Waals surface area contributed by atoms with E-state index in [2.05, 4.69) is 19.2 Å². The third-order valence-electron chi connectivity index (χ3n) is 3.76. The zero-order chi connectivity index (χ0) is 15.0. The number of thioether (sulfide) groups is 1. The minimum atomic E-state index is -3.50. The third kappa shape index (κ3) is 3.64. The maximum Gasteiger partial charge on any atom is 0.276 e. The van der Waals surface area contributed by atoms with Gasteiger partial charge in [-0.05, 0) is 25.0 Å². The van der Waals surface area contributed by atoms with Crippen molar-refractivity contribution >= 4 is 21.8 Å². The zero-order valence-corrected chi connectivity index (χ0v) is 14.0. The Balaban J connectivity index is 1.71. The lowest BCUT2D eigenvalue weighted by Crippen LogP contribution is -2.43. The molecule has 2 atom stereocenters. The van der Waals surface area contributed by atoms with Crippen LogP contribution >= 0.6 is 11.8 Å². The number of nitrogens with zero attached hydrogens (tertiary/aromatic N) is 1. The van der Waals surface area contributed by atoms with Gasteiger partial charge in [0.15, 0.2) is 0 Å². The van der Waals surface area contributed by atoms with Gasteiger partial charge in [-0.3, -0.25) is 0 Å². The number of sulfonamides is 1. The summed E-state index contributed by atoms with van der Waals surface area (Å²) in [5, 5.41) is 4.03. The van der Waals surface area contributed by atoms with Crippen molar-refractivity contribution in [3.8, 4) is 0 Å². The van der Waals surface area contributed by atoms with E-state index in [9.17, 15) is 8.42 Å². The van der Waals surface area contributed by atoms with Crippen LogP contribution in [0.5, 0.6) is 0 Å². The molecule has 1 aliphatic carbocycles. The Labute approximate surface area is 130 Å². The molecule has 3 rings (SSSR count). The summed E-state index contributed by atoms with van der Waals surface area (Å²) in [7, 11) is -3.50. The summed E-state index contributed by atoms with van der Waals surface area (Å²) in [5.74, 6) is 0.688. The number of furan rings is 1. The molecule has 2 fully saturated rings. The minimum Gasteiger partial charge on any atom is -0.447 e. The second kappa shape index (κ2) is 5.95. The topological polar surface area (TPSA) is 62.6 Å². The Hall–Kier alpha value is -0.500. The summed E-state index contributed by atoms with van der Waals surface area (Å²) in [6, 6.07) is 3.92. The lowest BCUT2D eigenvalue weighted by atomic mass is 10.4. The Morgan fingerprint density at radius 2 is 1.95 bits per heavy atom. The molecule has 2 heterocycles. The predicted octanol–water partition coefficient (Wildman–Crippen LogP) is 2.05. The predicted molar refractivity (Wildman–Crippen MR) is 83.8 cm³/mol. The Kier molecular flexibility index (Phi) is 4.36. The Morgan fingerprint density at radius 3 is 2.57 bits per heavy atom. The molecular weight excluding hydrogens is 308 g/mol. The first-order valence-electron chi connectivity index (χ1n) is 7.43. The highest BCUT2D eigenvalue weighted by atomic mass is 32.2. The smallest absolute Gasteiger partial charge is 0.276 e. The summed E-state index contributed by atoms with van der Waals surface area (Å²) in [5.41, 5.74) is 0. The fourth-order valence-electron chi connectivity index (χ4n) is 2.58. The lowest BCUT2D eigenvalue weighted by Gasteiger charge is -2.32. The first kappa shape index (κ1) is 15.4. The average Bonchev–Trinajstić information content (AvgIpc) is 3.11. The monoisotopic (exact) mass is 330 g/mol. The maximum atomic E-state index is 12.6. The van der Waals surface area contributed by atoms with Crippen LogP contribution in [0.25, 0.3) is 0 Å². The quantitative estimate of drug-likeness (QED) is 0.895. The van der Waals surface area contributed by atoms with Crippen LogP contribution in [0.1, 0.15) is 32.4 Å². The summed E-state index contributed by atoms with van der Waals surface area (Å²) >= 11 is 1.83. The van der Waals surface area contributed by atoms with Crippen molar-refractivity contribution in [2.24, 2.45) is 0 Å². The molecule has 0 amide bonds. The number of rotatable bonds is 5. The van der Waals surface area contributed by atoms with E-state index in [4.69, 9.17) is 4.42 Å². The van der Waals surface area contributed by atoms with Crippen LogP contribution in [0.3, 0.4) is 0 Å². The van der Waals surface area contributed by atoms with Crippen LogP contribution in [0.4, 0.5) is 0 Å². The van der Waals surface area contributed by atoms with Crippen LogP contribution in [-0.4, -0.2) is 42.4 Å². The van der Waals surface area contributed by atoms with Gasteiger partial charge in [0.1, 0.15) is 5.76 Å². The molecule has 1 aromatic rings. The molecule has 1 N–H and O–H groups in total. The average molecular weight is 330 g/mol. The van der Waals surface area contributed by atoms with Gasteiger partial charge in [0.05, 0.1) is 6.54 Å². The SMILES string of the molecule is CC1CN(S(=O)(=O)c2ccc(CNC3CC3)o2)CC(C)S1. The number of hydrogen-bond donors (Lipinski definition) is 1. The molecule has 0 spiro atoms. The van der Waals surface area contributed by atoms with Gasteiger partial charge in [0.25, 0.3) is 10.0 Å². The summed E-state index contributed by atoms with van der Waals surface area (Å²) < 4.78 is 32.4. The van der Waals surface area contributed by atoms with E-state index in [1.165, 1.54) is 12.8 Å². The fourth-order valence-corrected chi connectivity index (χ4v) is 5.64. The maximum absolute atomic E-state index is 12.6. The lowest BCUT2D eigenvalue weighted by molar-refractivity contribution is 0.359. The van der Waals surface area contributed by atoms with Crippen molar-refractivity contribution in [3.05, 3.63) is 17.9 Å². The van der Waals surface area contributed by atoms with E-state index in [0.29, 0.717) is 41.9 Å². The van der Waals surface area contributed by atoms with Crippen LogP contribution in [0, 0.1) is 0 Å². The molecular formula is C14H22N2O3S2. The van der Waals surface area contributed by atoms with E-state index < -0.39 is 10.0 Å². The minimum absolute atomic E-state index is 0.0707. The van der Waals surface area contributed by atoms with Crippen molar-refractivity contribution in [2.75, 3.05) is 13.1 Å². The van der Waals surface area contributed by atoms with Crippen molar-refractivity contribution in [2.45, 2.75) is 54.9 Å². The van der Waals surface area contributed by atoms with Gasteiger partial charge in [0.2, 0.25) is 5.09 Å².